The van der Waals surface area contributed by atoms with Crippen LogP contribution in [0.1, 0.15) is 12.8 Å². The van der Waals surface area contributed by atoms with Crippen LogP contribution in [0.3, 0.4) is 0 Å². The molecule has 0 aliphatic carbocycles. The molecule has 2 aromatic heterocycles. The van der Waals surface area contributed by atoms with E-state index in [1.54, 1.807) is 18.6 Å². The molecule has 1 saturated heterocycles. The number of nitrogens with one attached hydrogen (secondary N) is 1. The lowest BCUT2D eigenvalue weighted by Gasteiger charge is -2.31. The van der Waals surface area contributed by atoms with E-state index in [0.717, 1.165) is 48.5 Å². The van der Waals surface area contributed by atoms with Gasteiger partial charge in [-0.2, -0.15) is 0 Å². The van der Waals surface area contributed by atoms with Crippen LogP contribution in [0, 0.1) is 5.92 Å². The van der Waals surface area contributed by atoms with E-state index in [2.05, 4.69) is 25.2 Å². The predicted octanol–water partition coefficient (Wildman–Crippen LogP) is 3.67. The van der Waals surface area contributed by atoms with Crippen molar-refractivity contribution in [1.29, 1.82) is 0 Å². The van der Waals surface area contributed by atoms with E-state index in [-0.39, 0.29) is 11.8 Å². The summed E-state index contributed by atoms with van der Waals surface area (Å²) in [6.07, 6.45) is 6.68. The maximum atomic E-state index is 13.1. The molecule has 7 heteroatoms. The van der Waals surface area contributed by atoms with Crippen molar-refractivity contribution in [2.45, 2.75) is 12.8 Å². The van der Waals surface area contributed by atoms with Crippen molar-refractivity contribution >= 4 is 28.7 Å². The SMILES string of the molecule is O=C(Nc1nc2ccccc2n1-c1ccccc1)C1CCN(c2cnccn2)CC1. The van der Waals surface area contributed by atoms with Gasteiger partial charge in [-0.25, -0.2) is 9.97 Å². The summed E-state index contributed by atoms with van der Waals surface area (Å²) in [5.41, 5.74) is 2.80. The van der Waals surface area contributed by atoms with Crippen molar-refractivity contribution < 1.29 is 4.79 Å². The third-order valence-corrected chi connectivity index (χ3v) is 5.55. The zero-order chi connectivity index (χ0) is 20.3. The highest BCUT2D eigenvalue weighted by molar-refractivity contribution is 5.94. The van der Waals surface area contributed by atoms with E-state index in [9.17, 15) is 4.79 Å². The van der Waals surface area contributed by atoms with Gasteiger partial charge in [-0.3, -0.25) is 19.7 Å². The summed E-state index contributed by atoms with van der Waals surface area (Å²) in [5, 5.41) is 3.09. The molecule has 1 aliphatic rings. The topological polar surface area (TPSA) is 75.9 Å². The number of rotatable bonds is 4. The Morgan fingerprint density at radius 1 is 0.967 bits per heavy atom. The molecule has 4 aromatic rings. The third-order valence-electron chi connectivity index (χ3n) is 5.55. The number of hydrogen-bond acceptors (Lipinski definition) is 5. The van der Waals surface area contributed by atoms with Gasteiger partial charge in [0.1, 0.15) is 5.82 Å². The Hall–Kier alpha value is -3.74. The highest BCUT2D eigenvalue weighted by Crippen LogP contribution is 2.27. The lowest BCUT2D eigenvalue weighted by molar-refractivity contribution is -0.120. The number of benzene rings is 2. The Labute approximate surface area is 174 Å². The maximum Gasteiger partial charge on any atom is 0.229 e. The minimum absolute atomic E-state index is 0.0151. The van der Waals surface area contributed by atoms with E-state index in [1.165, 1.54) is 0 Å². The number of fused-ring (bicyclic) bond motifs is 1. The highest BCUT2D eigenvalue weighted by Gasteiger charge is 2.27. The van der Waals surface area contributed by atoms with Crippen molar-refractivity contribution in [3.8, 4) is 5.69 Å². The smallest absolute Gasteiger partial charge is 0.229 e. The number of aromatic nitrogens is 4. The van der Waals surface area contributed by atoms with E-state index in [1.807, 2.05) is 59.2 Å². The fourth-order valence-electron chi connectivity index (χ4n) is 3.99. The first-order chi connectivity index (χ1) is 14.8. The monoisotopic (exact) mass is 398 g/mol. The molecule has 1 aliphatic heterocycles. The van der Waals surface area contributed by atoms with Crippen LogP contribution in [-0.2, 0) is 4.79 Å². The summed E-state index contributed by atoms with van der Waals surface area (Å²) >= 11 is 0. The van der Waals surface area contributed by atoms with Gasteiger partial charge in [0.25, 0.3) is 0 Å². The number of amides is 1. The Kier molecular flexibility index (Phi) is 4.85. The quantitative estimate of drug-likeness (QED) is 0.568. The number of imidazole rings is 1. The molecule has 3 heterocycles. The maximum absolute atomic E-state index is 13.1. The van der Waals surface area contributed by atoms with Gasteiger partial charge in [-0.15, -0.1) is 0 Å². The number of carbonyl (C=O) groups is 1. The Morgan fingerprint density at radius 3 is 2.50 bits per heavy atom. The molecule has 0 atom stereocenters. The summed E-state index contributed by atoms with van der Waals surface area (Å²) < 4.78 is 2.00. The third kappa shape index (κ3) is 3.50. The van der Waals surface area contributed by atoms with Crippen LogP contribution in [-0.4, -0.2) is 38.5 Å². The number of anilines is 2. The lowest BCUT2D eigenvalue weighted by Crippen LogP contribution is -2.38. The van der Waals surface area contributed by atoms with Gasteiger partial charge in [-0.05, 0) is 37.1 Å². The largest absolute Gasteiger partial charge is 0.355 e. The molecule has 0 unspecified atom stereocenters. The van der Waals surface area contributed by atoms with Crippen LogP contribution in [0.2, 0.25) is 0 Å². The average molecular weight is 398 g/mol. The molecule has 5 rings (SSSR count). The first kappa shape index (κ1) is 18.3. The van der Waals surface area contributed by atoms with Crippen molar-refractivity contribution in [1.82, 2.24) is 19.5 Å². The Bertz CT molecular complexity index is 1150. The van der Waals surface area contributed by atoms with E-state index >= 15 is 0 Å². The summed E-state index contributed by atoms with van der Waals surface area (Å²) in [6, 6.07) is 17.9. The second-order valence-corrected chi connectivity index (χ2v) is 7.41. The van der Waals surface area contributed by atoms with Crippen LogP contribution in [0.5, 0.6) is 0 Å². The molecule has 0 bridgehead atoms. The summed E-state index contributed by atoms with van der Waals surface area (Å²) in [6.45, 7) is 1.57. The molecule has 1 N–H and O–H groups in total. The molecule has 150 valence electrons. The van der Waals surface area contributed by atoms with Crippen molar-refractivity contribution in [3.63, 3.8) is 0 Å². The van der Waals surface area contributed by atoms with Crippen LogP contribution >= 0.6 is 0 Å². The molecule has 2 aromatic carbocycles. The molecule has 7 nitrogen and oxygen atoms in total. The molecule has 1 fully saturated rings. The number of para-hydroxylation sites is 3. The minimum Gasteiger partial charge on any atom is -0.355 e. The van der Waals surface area contributed by atoms with Gasteiger partial charge in [-0.1, -0.05) is 30.3 Å². The van der Waals surface area contributed by atoms with Crippen LogP contribution in [0.15, 0.2) is 73.2 Å². The minimum atomic E-state index is -0.0537. The highest BCUT2D eigenvalue weighted by atomic mass is 16.2. The average Bonchev–Trinajstić information content (AvgIpc) is 3.18. The predicted molar refractivity (Wildman–Crippen MR) is 117 cm³/mol. The lowest BCUT2D eigenvalue weighted by atomic mass is 9.96. The van der Waals surface area contributed by atoms with Gasteiger partial charge < -0.3 is 4.90 Å². The van der Waals surface area contributed by atoms with Crippen molar-refractivity contribution in [2.75, 3.05) is 23.3 Å². The summed E-state index contributed by atoms with van der Waals surface area (Å²) in [7, 11) is 0. The molecule has 0 spiro atoms. The van der Waals surface area contributed by atoms with E-state index < -0.39 is 0 Å². The van der Waals surface area contributed by atoms with Gasteiger partial charge in [0.05, 0.1) is 17.2 Å². The molecular weight excluding hydrogens is 376 g/mol. The fraction of sp³-hybridized carbons (Fsp3) is 0.217. The Balaban J connectivity index is 1.36. The van der Waals surface area contributed by atoms with Crippen molar-refractivity contribution in [2.24, 2.45) is 5.92 Å². The first-order valence-electron chi connectivity index (χ1n) is 10.1. The first-order valence-corrected chi connectivity index (χ1v) is 10.1. The second kappa shape index (κ2) is 7.94. The number of carbonyl (C=O) groups excluding carboxylic acids is 1. The van der Waals surface area contributed by atoms with Crippen LogP contribution < -0.4 is 10.2 Å². The summed E-state index contributed by atoms with van der Waals surface area (Å²) in [4.78, 5) is 28.4. The molecule has 0 saturated carbocycles. The normalized spacial score (nSPS) is 14.7. The molecule has 0 radical (unpaired) electrons. The van der Waals surface area contributed by atoms with E-state index in [0.29, 0.717) is 5.95 Å². The zero-order valence-electron chi connectivity index (χ0n) is 16.5. The zero-order valence-corrected chi connectivity index (χ0v) is 16.5. The van der Waals surface area contributed by atoms with E-state index in [4.69, 9.17) is 0 Å². The second-order valence-electron chi connectivity index (χ2n) is 7.41. The van der Waals surface area contributed by atoms with Gasteiger partial charge >= 0.3 is 0 Å². The molecule has 1 amide bonds. The van der Waals surface area contributed by atoms with Crippen LogP contribution in [0.4, 0.5) is 11.8 Å². The van der Waals surface area contributed by atoms with Crippen LogP contribution in [0.25, 0.3) is 16.7 Å². The van der Waals surface area contributed by atoms with Gasteiger partial charge in [0, 0.05) is 37.1 Å². The number of hydrogen-bond donors (Lipinski definition) is 1. The standard InChI is InChI=1S/C23H22N6O/c30-22(17-10-14-28(15-11-17)21-16-24-12-13-25-21)27-23-26-19-8-4-5-9-20(19)29(23)18-6-2-1-3-7-18/h1-9,12-13,16-17H,10-11,14-15H2,(H,26,27,30). The molecule has 30 heavy (non-hydrogen) atoms. The molecular formula is C23H22N6O. The summed E-state index contributed by atoms with van der Waals surface area (Å²) in [5.74, 6) is 1.38. The van der Waals surface area contributed by atoms with Gasteiger partial charge in [0.15, 0.2) is 0 Å². The number of nitrogens with zero attached hydrogens (tertiary/aromatic N) is 5. The van der Waals surface area contributed by atoms with Crippen molar-refractivity contribution in [3.05, 3.63) is 73.2 Å². The van der Waals surface area contributed by atoms with Gasteiger partial charge in [0.2, 0.25) is 11.9 Å². The number of piperidine rings is 1. The fourth-order valence-corrected chi connectivity index (χ4v) is 3.99. The Morgan fingerprint density at radius 2 is 1.73 bits per heavy atom.